The predicted molar refractivity (Wildman–Crippen MR) is 77.5 cm³/mol. The molecule has 4 nitrogen and oxygen atoms in total. The quantitative estimate of drug-likeness (QED) is 0.745. The van der Waals surface area contributed by atoms with Crippen molar-refractivity contribution in [3.63, 3.8) is 0 Å². The standard InChI is InChI=1S/C14H21ClN2O2/c1-11(2)17(10-14(16)18)7-4-8-19-13-6-3-5-12(15)9-13/h3,5-6,9,11H,4,7-8,10H2,1-2H3,(H2,16,18). The summed E-state index contributed by atoms with van der Waals surface area (Å²) in [5.41, 5.74) is 5.22. The van der Waals surface area contributed by atoms with Gasteiger partial charge in [-0.2, -0.15) is 0 Å². The van der Waals surface area contributed by atoms with Crippen molar-refractivity contribution in [3.05, 3.63) is 29.3 Å². The summed E-state index contributed by atoms with van der Waals surface area (Å²) >= 11 is 5.87. The lowest BCUT2D eigenvalue weighted by Gasteiger charge is -2.24. The monoisotopic (exact) mass is 284 g/mol. The number of halogens is 1. The number of benzene rings is 1. The zero-order chi connectivity index (χ0) is 14.3. The largest absolute Gasteiger partial charge is 0.493 e. The Balaban J connectivity index is 2.30. The first kappa shape index (κ1) is 15.8. The van der Waals surface area contributed by atoms with Gasteiger partial charge in [0.15, 0.2) is 0 Å². The molecule has 1 amide bonds. The predicted octanol–water partition coefficient (Wildman–Crippen LogP) is 2.30. The van der Waals surface area contributed by atoms with Crippen LogP contribution in [0.5, 0.6) is 5.75 Å². The maximum absolute atomic E-state index is 10.9. The molecule has 0 radical (unpaired) electrons. The van der Waals surface area contributed by atoms with Gasteiger partial charge in [-0.1, -0.05) is 17.7 Å². The molecule has 0 heterocycles. The van der Waals surface area contributed by atoms with Gasteiger partial charge in [0.1, 0.15) is 5.75 Å². The first-order chi connectivity index (χ1) is 8.99. The number of primary amides is 1. The third-order valence-corrected chi connectivity index (χ3v) is 2.98. The van der Waals surface area contributed by atoms with Gasteiger partial charge >= 0.3 is 0 Å². The van der Waals surface area contributed by atoms with Gasteiger partial charge in [0, 0.05) is 17.6 Å². The fourth-order valence-electron chi connectivity index (χ4n) is 1.73. The summed E-state index contributed by atoms with van der Waals surface area (Å²) < 4.78 is 5.59. The lowest BCUT2D eigenvalue weighted by atomic mass is 10.3. The number of carbonyl (C=O) groups is 1. The summed E-state index contributed by atoms with van der Waals surface area (Å²) in [6.45, 7) is 5.74. The number of ether oxygens (including phenoxy) is 1. The molecule has 5 heteroatoms. The number of carbonyl (C=O) groups excluding carboxylic acids is 1. The normalized spacial score (nSPS) is 11.0. The Morgan fingerprint density at radius 3 is 2.79 bits per heavy atom. The van der Waals surface area contributed by atoms with E-state index in [0.717, 1.165) is 18.7 Å². The van der Waals surface area contributed by atoms with E-state index in [9.17, 15) is 4.79 Å². The van der Waals surface area contributed by atoms with Crippen molar-refractivity contribution < 1.29 is 9.53 Å². The summed E-state index contributed by atoms with van der Waals surface area (Å²) in [6, 6.07) is 7.60. The molecule has 2 N–H and O–H groups in total. The molecule has 19 heavy (non-hydrogen) atoms. The first-order valence-electron chi connectivity index (χ1n) is 6.39. The molecule has 0 aliphatic carbocycles. The van der Waals surface area contributed by atoms with Gasteiger partial charge in [-0.3, -0.25) is 9.69 Å². The Bertz CT molecular complexity index is 410. The molecular weight excluding hydrogens is 264 g/mol. The molecule has 0 aromatic heterocycles. The number of hydrogen-bond acceptors (Lipinski definition) is 3. The summed E-state index contributed by atoms with van der Waals surface area (Å²) in [6.07, 6.45) is 0.831. The second kappa shape index (κ2) is 8.02. The maximum Gasteiger partial charge on any atom is 0.231 e. The van der Waals surface area contributed by atoms with Crippen LogP contribution >= 0.6 is 11.6 Å². The molecule has 0 saturated heterocycles. The Hall–Kier alpha value is -1.26. The maximum atomic E-state index is 10.9. The topological polar surface area (TPSA) is 55.6 Å². The van der Waals surface area contributed by atoms with E-state index in [1.807, 2.05) is 36.9 Å². The third kappa shape index (κ3) is 6.45. The van der Waals surface area contributed by atoms with Gasteiger partial charge in [0.25, 0.3) is 0 Å². The molecule has 1 aromatic rings. The van der Waals surface area contributed by atoms with Crippen LogP contribution in [0, 0.1) is 0 Å². The van der Waals surface area contributed by atoms with Crippen molar-refractivity contribution in [3.8, 4) is 5.75 Å². The van der Waals surface area contributed by atoms with Crippen molar-refractivity contribution >= 4 is 17.5 Å². The van der Waals surface area contributed by atoms with Crippen molar-refractivity contribution in [2.24, 2.45) is 5.73 Å². The average molecular weight is 285 g/mol. The van der Waals surface area contributed by atoms with Gasteiger partial charge in [0.05, 0.1) is 13.2 Å². The van der Waals surface area contributed by atoms with E-state index in [0.29, 0.717) is 17.7 Å². The molecule has 1 aromatic carbocycles. The van der Waals surface area contributed by atoms with Gasteiger partial charge < -0.3 is 10.5 Å². The first-order valence-corrected chi connectivity index (χ1v) is 6.77. The summed E-state index contributed by atoms with van der Waals surface area (Å²) in [4.78, 5) is 13.0. The van der Waals surface area contributed by atoms with Crippen LogP contribution in [0.1, 0.15) is 20.3 Å². The van der Waals surface area contributed by atoms with E-state index in [-0.39, 0.29) is 12.5 Å². The van der Waals surface area contributed by atoms with Gasteiger partial charge in [-0.25, -0.2) is 0 Å². The Kier molecular flexibility index (Phi) is 6.67. The average Bonchev–Trinajstić information content (AvgIpc) is 2.32. The molecule has 0 bridgehead atoms. The molecular formula is C14H21ClN2O2. The molecule has 0 unspecified atom stereocenters. The van der Waals surface area contributed by atoms with Crippen molar-refractivity contribution in [2.45, 2.75) is 26.3 Å². The van der Waals surface area contributed by atoms with E-state index in [4.69, 9.17) is 22.1 Å². The molecule has 0 atom stereocenters. The van der Waals surface area contributed by atoms with Gasteiger partial charge in [0.2, 0.25) is 5.91 Å². The summed E-state index contributed by atoms with van der Waals surface area (Å²) in [5.74, 6) is 0.461. The second-order valence-corrected chi connectivity index (χ2v) is 5.13. The number of nitrogens with two attached hydrogens (primary N) is 1. The van der Waals surface area contributed by atoms with Crippen LogP contribution in [0.15, 0.2) is 24.3 Å². The number of hydrogen-bond donors (Lipinski definition) is 1. The fraction of sp³-hybridized carbons (Fsp3) is 0.500. The third-order valence-electron chi connectivity index (χ3n) is 2.74. The van der Waals surface area contributed by atoms with Gasteiger partial charge in [-0.05, 0) is 38.5 Å². The lowest BCUT2D eigenvalue weighted by Crippen LogP contribution is -2.39. The molecule has 0 aliphatic heterocycles. The van der Waals surface area contributed by atoms with Crippen molar-refractivity contribution in [1.29, 1.82) is 0 Å². The Morgan fingerprint density at radius 2 is 2.21 bits per heavy atom. The summed E-state index contributed by atoms with van der Waals surface area (Å²) in [5, 5.41) is 0.662. The van der Waals surface area contributed by atoms with E-state index in [2.05, 4.69) is 0 Å². The van der Waals surface area contributed by atoms with Crippen LogP contribution in [-0.2, 0) is 4.79 Å². The molecule has 0 saturated carbocycles. The minimum Gasteiger partial charge on any atom is -0.493 e. The Labute approximate surface area is 119 Å². The molecule has 0 fully saturated rings. The van der Waals surface area contributed by atoms with E-state index in [1.54, 1.807) is 6.07 Å². The van der Waals surface area contributed by atoms with Gasteiger partial charge in [-0.15, -0.1) is 0 Å². The Morgan fingerprint density at radius 1 is 1.47 bits per heavy atom. The zero-order valence-electron chi connectivity index (χ0n) is 11.4. The van der Waals surface area contributed by atoms with Crippen molar-refractivity contribution in [2.75, 3.05) is 19.7 Å². The highest BCUT2D eigenvalue weighted by atomic mass is 35.5. The minimum atomic E-state index is -0.301. The number of rotatable bonds is 8. The van der Waals surface area contributed by atoms with Crippen LogP contribution < -0.4 is 10.5 Å². The highest BCUT2D eigenvalue weighted by Crippen LogP contribution is 2.17. The smallest absolute Gasteiger partial charge is 0.231 e. The fourth-order valence-corrected chi connectivity index (χ4v) is 1.91. The van der Waals surface area contributed by atoms with E-state index < -0.39 is 0 Å². The van der Waals surface area contributed by atoms with E-state index in [1.165, 1.54) is 0 Å². The van der Waals surface area contributed by atoms with Crippen LogP contribution in [-0.4, -0.2) is 36.5 Å². The molecule has 0 spiro atoms. The highest BCUT2D eigenvalue weighted by Gasteiger charge is 2.11. The SMILES string of the molecule is CC(C)N(CCCOc1cccc(Cl)c1)CC(N)=O. The van der Waals surface area contributed by atoms with Crippen LogP contribution in [0.25, 0.3) is 0 Å². The van der Waals surface area contributed by atoms with Crippen LogP contribution in [0.4, 0.5) is 0 Å². The molecule has 106 valence electrons. The highest BCUT2D eigenvalue weighted by molar-refractivity contribution is 6.30. The zero-order valence-corrected chi connectivity index (χ0v) is 12.2. The van der Waals surface area contributed by atoms with Crippen LogP contribution in [0.2, 0.25) is 5.02 Å². The molecule has 0 aliphatic rings. The second-order valence-electron chi connectivity index (χ2n) is 4.69. The minimum absolute atomic E-state index is 0.287. The van der Waals surface area contributed by atoms with E-state index >= 15 is 0 Å². The number of nitrogens with zero attached hydrogens (tertiary/aromatic N) is 1. The number of amides is 1. The lowest BCUT2D eigenvalue weighted by molar-refractivity contribution is -0.119. The summed E-state index contributed by atoms with van der Waals surface area (Å²) in [7, 11) is 0. The van der Waals surface area contributed by atoms with Crippen LogP contribution in [0.3, 0.4) is 0 Å². The van der Waals surface area contributed by atoms with Crippen molar-refractivity contribution in [1.82, 2.24) is 4.90 Å². The molecule has 1 rings (SSSR count).